The number of hydrogen-bond donors (Lipinski definition) is 3. The predicted molar refractivity (Wildman–Crippen MR) is 115 cm³/mol. The lowest BCUT2D eigenvalue weighted by Crippen LogP contribution is -2.39. The molecular formula is C19H19Cl2N5O4. The van der Waals surface area contributed by atoms with E-state index in [2.05, 4.69) is 20.3 Å². The van der Waals surface area contributed by atoms with Crippen molar-refractivity contribution in [2.24, 2.45) is 5.73 Å². The van der Waals surface area contributed by atoms with Crippen LogP contribution >= 0.6 is 23.2 Å². The predicted octanol–water partition coefficient (Wildman–Crippen LogP) is 2.45. The fraction of sp³-hybridized carbons (Fsp3) is 0.316. The third-order valence-corrected chi connectivity index (χ3v) is 5.63. The van der Waals surface area contributed by atoms with Gasteiger partial charge in [-0.3, -0.25) is 4.79 Å². The van der Waals surface area contributed by atoms with E-state index in [1.165, 1.54) is 14.2 Å². The van der Waals surface area contributed by atoms with Gasteiger partial charge in [-0.05, 0) is 6.07 Å². The molecule has 0 amide bonds. The number of aromatic amines is 1. The van der Waals surface area contributed by atoms with Gasteiger partial charge in [0, 0.05) is 23.2 Å². The first-order valence-corrected chi connectivity index (χ1v) is 9.78. The molecule has 0 spiro atoms. The lowest BCUT2D eigenvalue weighted by Gasteiger charge is -2.16. The molecule has 1 aliphatic heterocycles. The lowest BCUT2D eigenvalue weighted by molar-refractivity contribution is 0.192. The van der Waals surface area contributed by atoms with E-state index in [1.54, 1.807) is 18.3 Å². The summed E-state index contributed by atoms with van der Waals surface area (Å²) in [6.07, 6.45) is 1.59. The van der Waals surface area contributed by atoms with Gasteiger partial charge in [0.15, 0.2) is 0 Å². The molecule has 1 aliphatic rings. The molecule has 1 fully saturated rings. The number of ether oxygens (including phenoxy) is 3. The van der Waals surface area contributed by atoms with Crippen LogP contribution in [0.4, 0.5) is 5.95 Å². The maximum Gasteiger partial charge on any atom is 0.257 e. The van der Waals surface area contributed by atoms with E-state index >= 15 is 0 Å². The molecule has 1 aromatic carbocycles. The lowest BCUT2D eigenvalue weighted by atomic mass is 10.0. The van der Waals surface area contributed by atoms with Gasteiger partial charge in [-0.1, -0.05) is 23.2 Å². The van der Waals surface area contributed by atoms with E-state index < -0.39 is 5.56 Å². The molecular weight excluding hydrogens is 433 g/mol. The number of anilines is 1. The third kappa shape index (κ3) is 3.65. The molecule has 0 saturated carbocycles. The largest absolute Gasteiger partial charge is 0.495 e. The Bertz CT molecular complexity index is 1140. The second-order valence-corrected chi connectivity index (χ2v) is 7.50. The minimum atomic E-state index is -0.424. The van der Waals surface area contributed by atoms with Crippen LogP contribution in [0.3, 0.4) is 0 Å². The van der Waals surface area contributed by atoms with Crippen LogP contribution in [-0.2, 0) is 4.74 Å². The fourth-order valence-corrected chi connectivity index (χ4v) is 3.96. The maximum atomic E-state index is 12.9. The van der Waals surface area contributed by atoms with Crippen LogP contribution in [0.1, 0.15) is 0 Å². The van der Waals surface area contributed by atoms with Gasteiger partial charge in [0.2, 0.25) is 5.95 Å². The summed E-state index contributed by atoms with van der Waals surface area (Å²) in [6, 6.07) is 2.92. The van der Waals surface area contributed by atoms with Crippen molar-refractivity contribution in [3.8, 4) is 22.6 Å². The Morgan fingerprint density at radius 3 is 2.50 bits per heavy atom. The quantitative estimate of drug-likeness (QED) is 0.539. The van der Waals surface area contributed by atoms with Crippen molar-refractivity contribution in [2.45, 2.75) is 12.1 Å². The molecule has 11 heteroatoms. The molecule has 30 heavy (non-hydrogen) atoms. The molecule has 1 saturated heterocycles. The Hall–Kier alpha value is -2.59. The van der Waals surface area contributed by atoms with Crippen molar-refractivity contribution in [1.29, 1.82) is 0 Å². The number of benzene rings is 1. The van der Waals surface area contributed by atoms with Crippen molar-refractivity contribution in [3.05, 3.63) is 38.7 Å². The summed E-state index contributed by atoms with van der Waals surface area (Å²) in [4.78, 5) is 24.3. The summed E-state index contributed by atoms with van der Waals surface area (Å²) in [5.74, 6) is 1.01. The summed E-state index contributed by atoms with van der Waals surface area (Å²) >= 11 is 12.9. The van der Waals surface area contributed by atoms with E-state index in [9.17, 15) is 4.79 Å². The van der Waals surface area contributed by atoms with E-state index in [-0.39, 0.29) is 27.7 Å². The normalized spacial score (nSPS) is 18.6. The second-order valence-electron chi connectivity index (χ2n) is 6.75. The Kier molecular flexibility index (Phi) is 5.70. The molecule has 4 N–H and O–H groups in total. The van der Waals surface area contributed by atoms with Gasteiger partial charge in [0.1, 0.15) is 17.1 Å². The van der Waals surface area contributed by atoms with E-state index in [0.29, 0.717) is 47.3 Å². The SMILES string of the molecule is COc1cc(OC)c(Cl)c(-c2cc3cnc(N[C@@H]4COC[C@@H]4N)nc3[nH]c2=O)c1Cl. The molecule has 2 atom stereocenters. The van der Waals surface area contributed by atoms with Gasteiger partial charge in [-0.25, -0.2) is 4.98 Å². The Labute approximate surface area is 181 Å². The zero-order valence-electron chi connectivity index (χ0n) is 16.2. The zero-order chi connectivity index (χ0) is 21.4. The van der Waals surface area contributed by atoms with Crippen LogP contribution in [0.5, 0.6) is 11.5 Å². The molecule has 4 rings (SSSR count). The standard InChI is InChI=1S/C19H19Cl2N5O4/c1-28-12-4-13(29-2)16(21)14(15(12)20)9-3-8-5-23-19(26-17(8)25-18(9)27)24-11-7-30-6-10(11)22/h3-5,10-11H,6-7,22H2,1-2H3,(H2,23,24,25,26,27)/t10-,11+/m0/s1. The molecule has 0 unspecified atom stereocenters. The van der Waals surface area contributed by atoms with Crippen LogP contribution in [0, 0.1) is 0 Å². The summed E-state index contributed by atoms with van der Waals surface area (Å²) in [5.41, 5.74) is 6.45. The van der Waals surface area contributed by atoms with Gasteiger partial charge in [0.05, 0.1) is 55.1 Å². The summed E-state index contributed by atoms with van der Waals surface area (Å²) in [7, 11) is 2.93. The summed E-state index contributed by atoms with van der Waals surface area (Å²) in [5, 5.41) is 4.11. The highest BCUT2D eigenvalue weighted by molar-refractivity contribution is 6.41. The molecule has 0 bridgehead atoms. The molecule has 0 aliphatic carbocycles. The Morgan fingerprint density at radius 2 is 1.90 bits per heavy atom. The van der Waals surface area contributed by atoms with Crippen LogP contribution in [-0.4, -0.2) is 54.5 Å². The smallest absolute Gasteiger partial charge is 0.257 e. The number of H-pyrrole nitrogens is 1. The van der Waals surface area contributed by atoms with Crippen LogP contribution in [0.25, 0.3) is 22.2 Å². The zero-order valence-corrected chi connectivity index (χ0v) is 17.7. The number of rotatable bonds is 5. The fourth-order valence-electron chi connectivity index (χ4n) is 3.26. The van der Waals surface area contributed by atoms with Crippen molar-refractivity contribution < 1.29 is 14.2 Å². The first kappa shape index (κ1) is 20.7. The van der Waals surface area contributed by atoms with Gasteiger partial charge < -0.3 is 30.2 Å². The van der Waals surface area contributed by atoms with E-state index in [0.717, 1.165) is 0 Å². The number of hydrogen-bond acceptors (Lipinski definition) is 8. The van der Waals surface area contributed by atoms with Gasteiger partial charge in [0.25, 0.3) is 5.56 Å². The molecule has 9 nitrogen and oxygen atoms in total. The van der Waals surface area contributed by atoms with Crippen LogP contribution in [0.2, 0.25) is 10.0 Å². The van der Waals surface area contributed by atoms with E-state index in [1.807, 2.05) is 0 Å². The van der Waals surface area contributed by atoms with Crippen LogP contribution in [0.15, 0.2) is 23.1 Å². The number of nitrogens with zero attached hydrogens (tertiary/aromatic N) is 2. The van der Waals surface area contributed by atoms with Crippen molar-refractivity contribution >= 4 is 40.2 Å². The Morgan fingerprint density at radius 1 is 1.20 bits per heavy atom. The van der Waals surface area contributed by atoms with Crippen molar-refractivity contribution in [2.75, 3.05) is 32.8 Å². The topological polar surface area (TPSA) is 124 Å². The molecule has 0 radical (unpaired) electrons. The Balaban J connectivity index is 1.79. The second kappa shape index (κ2) is 8.27. The molecule has 3 aromatic rings. The number of methoxy groups -OCH3 is 2. The van der Waals surface area contributed by atoms with Crippen molar-refractivity contribution in [3.63, 3.8) is 0 Å². The maximum absolute atomic E-state index is 12.9. The minimum Gasteiger partial charge on any atom is -0.495 e. The highest BCUT2D eigenvalue weighted by Gasteiger charge is 2.26. The van der Waals surface area contributed by atoms with E-state index in [4.69, 9.17) is 43.1 Å². The van der Waals surface area contributed by atoms with Gasteiger partial charge >= 0.3 is 0 Å². The highest BCUT2D eigenvalue weighted by atomic mass is 35.5. The highest BCUT2D eigenvalue weighted by Crippen LogP contribution is 2.45. The average Bonchev–Trinajstić information content (AvgIpc) is 3.13. The number of pyridine rings is 1. The van der Waals surface area contributed by atoms with Crippen molar-refractivity contribution in [1.82, 2.24) is 15.0 Å². The third-order valence-electron chi connectivity index (χ3n) is 4.88. The number of aromatic nitrogens is 3. The first-order chi connectivity index (χ1) is 14.4. The number of nitrogens with two attached hydrogens (primary N) is 1. The number of halogens is 2. The number of nitrogens with one attached hydrogen (secondary N) is 2. The monoisotopic (exact) mass is 451 g/mol. The summed E-state index contributed by atoms with van der Waals surface area (Å²) < 4.78 is 15.9. The number of fused-ring (bicyclic) bond motifs is 1. The van der Waals surface area contributed by atoms with Gasteiger partial charge in [-0.15, -0.1) is 0 Å². The summed E-state index contributed by atoms with van der Waals surface area (Å²) in [6.45, 7) is 0.934. The average molecular weight is 452 g/mol. The van der Waals surface area contributed by atoms with Gasteiger partial charge in [-0.2, -0.15) is 4.98 Å². The molecule has 3 heterocycles. The minimum absolute atomic E-state index is 0.102. The molecule has 2 aromatic heterocycles. The first-order valence-electron chi connectivity index (χ1n) is 9.03. The molecule has 158 valence electrons. The van der Waals surface area contributed by atoms with Crippen LogP contribution < -0.4 is 26.1 Å².